The van der Waals surface area contributed by atoms with Crippen LogP contribution in [-0.2, 0) is 11.3 Å². The van der Waals surface area contributed by atoms with Crippen LogP contribution in [0.5, 0.6) is 11.5 Å². The number of hydrogen-bond donors (Lipinski definition) is 0. The molecule has 25 heavy (non-hydrogen) atoms. The van der Waals surface area contributed by atoms with Crippen LogP contribution >= 0.6 is 0 Å². The van der Waals surface area contributed by atoms with E-state index >= 15 is 0 Å². The Labute approximate surface area is 149 Å². The summed E-state index contributed by atoms with van der Waals surface area (Å²) in [5, 5.41) is 0. The maximum absolute atomic E-state index is 12.1. The molecule has 0 aromatic heterocycles. The molecular weight excluding hydrogens is 316 g/mol. The average molecular weight is 342 g/mol. The highest BCUT2D eigenvalue weighted by molar-refractivity contribution is 5.77. The minimum Gasteiger partial charge on any atom is -0.454 e. The monoisotopic (exact) mass is 342 g/mol. The second-order valence-corrected chi connectivity index (χ2v) is 7.53. The van der Waals surface area contributed by atoms with Crippen LogP contribution in [0.4, 0.5) is 0 Å². The Morgan fingerprint density at radius 1 is 1.16 bits per heavy atom. The van der Waals surface area contributed by atoms with E-state index in [1.165, 1.54) is 18.4 Å². The summed E-state index contributed by atoms with van der Waals surface area (Å²) >= 11 is 0. The Morgan fingerprint density at radius 3 is 2.76 bits per heavy atom. The molecule has 2 fully saturated rings. The molecule has 3 heterocycles. The molecule has 5 heteroatoms. The predicted molar refractivity (Wildman–Crippen MR) is 95.5 cm³/mol. The summed E-state index contributed by atoms with van der Waals surface area (Å²) in [6, 6.07) is 6.23. The van der Waals surface area contributed by atoms with Gasteiger partial charge in [0.1, 0.15) is 0 Å². The fourth-order valence-electron chi connectivity index (χ4n) is 4.32. The SMILES string of the molecule is C=CCN1CC2(CCC1=O)CCN(Cc1ccc3c(c1)OCO3)CC2. The van der Waals surface area contributed by atoms with E-state index in [0.29, 0.717) is 25.2 Å². The number of ether oxygens (including phenoxy) is 2. The first-order valence-electron chi connectivity index (χ1n) is 9.17. The number of amides is 1. The van der Waals surface area contributed by atoms with E-state index in [4.69, 9.17) is 9.47 Å². The lowest BCUT2D eigenvalue weighted by Crippen LogP contribution is -2.51. The Morgan fingerprint density at radius 2 is 1.96 bits per heavy atom. The van der Waals surface area contributed by atoms with E-state index < -0.39 is 0 Å². The highest BCUT2D eigenvalue weighted by Gasteiger charge is 2.40. The van der Waals surface area contributed by atoms with Gasteiger partial charge in [0.05, 0.1) is 0 Å². The molecule has 0 atom stereocenters. The van der Waals surface area contributed by atoms with Crippen molar-refractivity contribution in [2.45, 2.75) is 32.2 Å². The molecule has 0 bridgehead atoms. The van der Waals surface area contributed by atoms with Crippen molar-refractivity contribution in [2.24, 2.45) is 5.41 Å². The lowest BCUT2D eigenvalue weighted by atomic mass is 9.72. The fourth-order valence-corrected chi connectivity index (χ4v) is 4.32. The van der Waals surface area contributed by atoms with Crippen molar-refractivity contribution in [1.29, 1.82) is 0 Å². The Bertz CT molecular complexity index is 665. The number of carbonyl (C=O) groups excluding carboxylic acids is 1. The van der Waals surface area contributed by atoms with Gasteiger partial charge in [-0.2, -0.15) is 0 Å². The van der Waals surface area contributed by atoms with Gasteiger partial charge >= 0.3 is 0 Å². The number of nitrogens with zero attached hydrogens (tertiary/aromatic N) is 2. The van der Waals surface area contributed by atoms with E-state index in [2.05, 4.69) is 23.6 Å². The van der Waals surface area contributed by atoms with Crippen molar-refractivity contribution in [3.63, 3.8) is 0 Å². The summed E-state index contributed by atoms with van der Waals surface area (Å²) < 4.78 is 10.9. The van der Waals surface area contributed by atoms with Crippen molar-refractivity contribution in [3.05, 3.63) is 36.4 Å². The first-order chi connectivity index (χ1) is 12.2. The maximum Gasteiger partial charge on any atom is 0.231 e. The predicted octanol–water partition coefficient (Wildman–Crippen LogP) is 2.81. The summed E-state index contributed by atoms with van der Waals surface area (Å²) in [6.07, 6.45) is 5.90. The molecule has 1 aromatic rings. The highest BCUT2D eigenvalue weighted by atomic mass is 16.7. The number of piperidine rings is 2. The van der Waals surface area contributed by atoms with Crippen molar-refractivity contribution in [2.75, 3.05) is 33.0 Å². The second-order valence-electron chi connectivity index (χ2n) is 7.53. The van der Waals surface area contributed by atoms with Gasteiger partial charge in [0.25, 0.3) is 0 Å². The Kier molecular flexibility index (Phi) is 4.42. The topological polar surface area (TPSA) is 42.0 Å². The second kappa shape index (κ2) is 6.71. The maximum atomic E-state index is 12.1. The molecule has 0 saturated carbocycles. The zero-order valence-electron chi connectivity index (χ0n) is 14.7. The molecule has 1 amide bonds. The van der Waals surface area contributed by atoms with Gasteiger partial charge in [-0.25, -0.2) is 0 Å². The van der Waals surface area contributed by atoms with Gasteiger partial charge in [-0.05, 0) is 55.5 Å². The normalized spacial score (nSPS) is 22.4. The summed E-state index contributed by atoms with van der Waals surface area (Å²) in [5.41, 5.74) is 1.58. The quantitative estimate of drug-likeness (QED) is 0.789. The molecule has 4 rings (SSSR count). The fraction of sp³-hybridized carbons (Fsp3) is 0.550. The first-order valence-corrected chi connectivity index (χ1v) is 9.17. The van der Waals surface area contributed by atoms with Gasteiger partial charge < -0.3 is 14.4 Å². The number of likely N-dealkylation sites (tertiary alicyclic amines) is 2. The minimum absolute atomic E-state index is 0.285. The van der Waals surface area contributed by atoms with Crippen molar-refractivity contribution in [3.8, 4) is 11.5 Å². The standard InChI is InChI=1S/C20H26N2O3/c1-2-9-22-14-20(6-5-19(22)23)7-10-21(11-8-20)13-16-3-4-17-18(12-16)25-15-24-17/h2-4,12H,1,5-11,13-15H2. The molecule has 134 valence electrons. The number of hydrogen-bond acceptors (Lipinski definition) is 4. The zero-order valence-corrected chi connectivity index (χ0v) is 14.7. The van der Waals surface area contributed by atoms with E-state index in [-0.39, 0.29) is 5.91 Å². The molecule has 0 radical (unpaired) electrons. The van der Waals surface area contributed by atoms with Crippen LogP contribution in [0.2, 0.25) is 0 Å². The third-order valence-corrected chi connectivity index (χ3v) is 5.86. The molecule has 1 aromatic carbocycles. The van der Waals surface area contributed by atoms with Crippen molar-refractivity contribution < 1.29 is 14.3 Å². The third-order valence-electron chi connectivity index (χ3n) is 5.86. The molecule has 0 aliphatic carbocycles. The van der Waals surface area contributed by atoms with E-state index in [1.807, 2.05) is 17.0 Å². The summed E-state index contributed by atoms with van der Waals surface area (Å²) in [7, 11) is 0. The van der Waals surface area contributed by atoms with Crippen LogP contribution in [0.3, 0.4) is 0 Å². The van der Waals surface area contributed by atoms with Gasteiger partial charge in [-0.3, -0.25) is 9.69 Å². The lowest BCUT2D eigenvalue weighted by Gasteiger charge is -2.47. The number of fused-ring (bicyclic) bond motifs is 1. The number of carbonyl (C=O) groups is 1. The Hall–Kier alpha value is -2.01. The van der Waals surface area contributed by atoms with Gasteiger partial charge in [0.15, 0.2) is 11.5 Å². The Balaban J connectivity index is 1.35. The summed E-state index contributed by atoms with van der Waals surface area (Å²) in [4.78, 5) is 16.6. The molecule has 5 nitrogen and oxygen atoms in total. The van der Waals surface area contributed by atoms with Crippen LogP contribution in [0.1, 0.15) is 31.2 Å². The van der Waals surface area contributed by atoms with Crippen LogP contribution in [0, 0.1) is 5.41 Å². The van der Waals surface area contributed by atoms with Gasteiger partial charge in [0, 0.05) is 26.1 Å². The van der Waals surface area contributed by atoms with Crippen LogP contribution in [-0.4, -0.2) is 48.7 Å². The molecule has 2 saturated heterocycles. The third kappa shape index (κ3) is 3.38. The van der Waals surface area contributed by atoms with Gasteiger partial charge in [-0.15, -0.1) is 6.58 Å². The lowest BCUT2D eigenvalue weighted by molar-refractivity contribution is -0.138. The highest BCUT2D eigenvalue weighted by Crippen LogP contribution is 2.40. The smallest absolute Gasteiger partial charge is 0.231 e. The molecular formula is C20H26N2O3. The van der Waals surface area contributed by atoms with Crippen LogP contribution < -0.4 is 9.47 Å². The number of rotatable bonds is 4. The van der Waals surface area contributed by atoms with Crippen molar-refractivity contribution >= 4 is 5.91 Å². The molecule has 1 spiro atoms. The molecule has 3 aliphatic rings. The van der Waals surface area contributed by atoms with Crippen molar-refractivity contribution in [1.82, 2.24) is 9.80 Å². The summed E-state index contributed by atoms with van der Waals surface area (Å²) in [6.45, 7) is 8.81. The van der Waals surface area contributed by atoms with E-state index in [9.17, 15) is 4.79 Å². The van der Waals surface area contributed by atoms with E-state index in [0.717, 1.165) is 44.1 Å². The molecule has 0 unspecified atom stereocenters. The largest absolute Gasteiger partial charge is 0.454 e. The average Bonchev–Trinajstić information content (AvgIpc) is 3.09. The minimum atomic E-state index is 0.285. The zero-order chi connectivity index (χ0) is 17.3. The summed E-state index contributed by atoms with van der Waals surface area (Å²) in [5.74, 6) is 1.99. The van der Waals surface area contributed by atoms with Gasteiger partial charge in [0.2, 0.25) is 12.7 Å². The first kappa shape index (κ1) is 16.5. The number of benzene rings is 1. The molecule has 3 aliphatic heterocycles. The van der Waals surface area contributed by atoms with Crippen LogP contribution in [0.15, 0.2) is 30.9 Å². The van der Waals surface area contributed by atoms with Crippen LogP contribution in [0.25, 0.3) is 0 Å². The van der Waals surface area contributed by atoms with Gasteiger partial charge in [-0.1, -0.05) is 12.1 Å². The van der Waals surface area contributed by atoms with E-state index in [1.54, 1.807) is 0 Å². The molecule has 0 N–H and O–H groups in total.